The van der Waals surface area contributed by atoms with Gasteiger partial charge in [-0.1, -0.05) is 6.58 Å². The summed E-state index contributed by atoms with van der Waals surface area (Å²) in [4.78, 5) is 22.6. The standard InChI is InChI=1S/C22H23N5O4S2/c1-2-27(21(29)16-4-6-18(28)7-5-16)14-17(23)15-32-19-8-10-20(11-9-19)33(30,31)26-22-24-12-3-13-25-22/h2-13,17,28H,1,14-15,23H2,(H,24,25,26). The number of benzene rings is 2. The largest absolute Gasteiger partial charge is 0.508 e. The number of anilines is 1. The van der Waals surface area contributed by atoms with E-state index in [9.17, 15) is 18.3 Å². The minimum absolute atomic E-state index is 0.00412. The summed E-state index contributed by atoms with van der Waals surface area (Å²) in [6.45, 7) is 3.93. The lowest BCUT2D eigenvalue weighted by atomic mass is 10.2. The third-order valence-corrected chi connectivity index (χ3v) is 6.96. The number of phenolic OH excluding ortho intramolecular Hbond substituents is 1. The minimum atomic E-state index is -3.80. The van der Waals surface area contributed by atoms with Gasteiger partial charge in [-0.25, -0.2) is 23.1 Å². The predicted octanol–water partition coefficient (Wildman–Crippen LogP) is 2.69. The normalized spacial score (nSPS) is 12.0. The lowest BCUT2D eigenvalue weighted by Crippen LogP contribution is -2.39. The number of nitrogens with zero attached hydrogens (tertiary/aromatic N) is 3. The molecule has 1 amide bonds. The zero-order valence-corrected chi connectivity index (χ0v) is 19.2. The molecule has 3 aromatic rings. The van der Waals surface area contributed by atoms with E-state index in [4.69, 9.17) is 5.73 Å². The number of thioether (sulfide) groups is 1. The molecule has 2 aromatic carbocycles. The van der Waals surface area contributed by atoms with Crippen LogP contribution in [-0.4, -0.2) is 52.6 Å². The third kappa shape index (κ3) is 6.78. The van der Waals surface area contributed by atoms with Gasteiger partial charge in [0.1, 0.15) is 5.75 Å². The number of aromatic nitrogens is 2. The highest BCUT2D eigenvalue weighted by Crippen LogP contribution is 2.22. The van der Waals surface area contributed by atoms with Crippen molar-refractivity contribution in [3.8, 4) is 5.75 Å². The molecule has 0 fully saturated rings. The van der Waals surface area contributed by atoms with Crippen LogP contribution < -0.4 is 10.5 Å². The van der Waals surface area contributed by atoms with Crippen LogP contribution in [-0.2, 0) is 10.0 Å². The van der Waals surface area contributed by atoms with E-state index >= 15 is 0 Å². The Morgan fingerprint density at radius 2 is 1.79 bits per heavy atom. The van der Waals surface area contributed by atoms with E-state index in [2.05, 4.69) is 21.3 Å². The Hall–Kier alpha value is -3.41. The second-order valence-electron chi connectivity index (χ2n) is 6.91. The topological polar surface area (TPSA) is 139 Å². The first-order chi connectivity index (χ1) is 15.8. The molecular weight excluding hydrogens is 462 g/mol. The Kier molecular flexibility index (Phi) is 8.04. The molecule has 1 atom stereocenters. The summed E-state index contributed by atoms with van der Waals surface area (Å²) < 4.78 is 27.2. The smallest absolute Gasteiger partial charge is 0.264 e. The number of carbonyl (C=O) groups excluding carboxylic acids is 1. The molecule has 1 aromatic heterocycles. The van der Waals surface area contributed by atoms with E-state index in [1.807, 2.05) is 0 Å². The maximum Gasteiger partial charge on any atom is 0.264 e. The fourth-order valence-corrected chi connectivity index (χ4v) is 4.56. The van der Waals surface area contributed by atoms with Crippen molar-refractivity contribution in [1.82, 2.24) is 14.9 Å². The molecule has 0 aliphatic rings. The number of nitrogens with two attached hydrogens (primary N) is 1. The lowest BCUT2D eigenvalue weighted by Gasteiger charge is -2.22. The fourth-order valence-electron chi connectivity index (χ4n) is 2.76. The SMILES string of the molecule is C=CN(CC(N)CSc1ccc(S(=O)(=O)Nc2ncccn2)cc1)C(=O)c1ccc(O)cc1. The number of nitrogens with one attached hydrogen (secondary N) is 1. The van der Waals surface area contributed by atoms with Crippen LogP contribution >= 0.6 is 11.8 Å². The van der Waals surface area contributed by atoms with E-state index in [1.165, 1.54) is 71.7 Å². The molecular formula is C22H23N5O4S2. The first-order valence-corrected chi connectivity index (χ1v) is 12.3. The van der Waals surface area contributed by atoms with E-state index in [1.54, 1.807) is 18.2 Å². The Morgan fingerprint density at radius 3 is 2.39 bits per heavy atom. The molecule has 0 radical (unpaired) electrons. The average Bonchev–Trinajstić information content (AvgIpc) is 2.82. The maximum absolute atomic E-state index is 12.6. The van der Waals surface area contributed by atoms with Gasteiger partial charge in [0.05, 0.1) is 4.90 Å². The second-order valence-corrected chi connectivity index (χ2v) is 9.68. The summed E-state index contributed by atoms with van der Waals surface area (Å²) in [6.07, 6.45) is 4.31. The van der Waals surface area contributed by atoms with Crippen molar-refractivity contribution in [2.45, 2.75) is 15.8 Å². The fraction of sp³-hybridized carbons (Fsp3) is 0.136. The highest BCUT2D eigenvalue weighted by Gasteiger charge is 2.18. The molecule has 9 nitrogen and oxygen atoms in total. The van der Waals surface area contributed by atoms with Gasteiger partial charge in [0, 0.05) is 41.2 Å². The van der Waals surface area contributed by atoms with Crippen LogP contribution in [0.4, 0.5) is 5.95 Å². The molecule has 4 N–H and O–H groups in total. The third-order valence-electron chi connectivity index (χ3n) is 4.42. The van der Waals surface area contributed by atoms with E-state index in [0.717, 1.165) is 4.90 Å². The Bertz CT molecular complexity index is 1190. The molecule has 11 heteroatoms. The van der Waals surface area contributed by atoms with Crippen LogP contribution in [0.1, 0.15) is 10.4 Å². The van der Waals surface area contributed by atoms with Crippen molar-refractivity contribution in [3.05, 3.63) is 85.3 Å². The van der Waals surface area contributed by atoms with Crippen LogP contribution in [0.2, 0.25) is 0 Å². The highest BCUT2D eigenvalue weighted by atomic mass is 32.2. The summed E-state index contributed by atoms with van der Waals surface area (Å²) >= 11 is 1.44. The van der Waals surface area contributed by atoms with Gasteiger partial charge in [-0.3, -0.25) is 4.79 Å². The molecule has 1 heterocycles. The minimum Gasteiger partial charge on any atom is -0.508 e. The Morgan fingerprint density at radius 1 is 1.15 bits per heavy atom. The van der Waals surface area contributed by atoms with Gasteiger partial charge in [0.2, 0.25) is 5.95 Å². The Balaban J connectivity index is 1.55. The van der Waals surface area contributed by atoms with Crippen molar-refractivity contribution >= 4 is 33.6 Å². The van der Waals surface area contributed by atoms with E-state index < -0.39 is 10.0 Å². The number of rotatable bonds is 10. The van der Waals surface area contributed by atoms with Crippen molar-refractivity contribution in [1.29, 1.82) is 0 Å². The first-order valence-electron chi connectivity index (χ1n) is 9.79. The Labute approximate surface area is 196 Å². The van der Waals surface area contributed by atoms with Gasteiger partial charge in [-0.15, -0.1) is 11.8 Å². The number of carbonyl (C=O) groups is 1. The number of hydrogen-bond acceptors (Lipinski definition) is 8. The molecule has 0 aliphatic heterocycles. The van der Waals surface area contributed by atoms with Crippen LogP contribution in [0, 0.1) is 0 Å². The van der Waals surface area contributed by atoms with E-state index in [-0.39, 0.29) is 35.1 Å². The predicted molar refractivity (Wildman–Crippen MR) is 127 cm³/mol. The zero-order chi connectivity index (χ0) is 23.8. The van der Waals surface area contributed by atoms with Crippen LogP contribution in [0.3, 0.4) is 0 Å². The summed E-state index contributed by atoms with van der Waals surface area (Å²) in [5.74, 6) is 0.299. The second kappa shape index (κ2) is 10.9. The summed E-state index contributed by atoms with van der Waals surface area (Å²) in [5, 5.41) is 9.38. The number of sulfonamides is 1. The molecule has 3 rings (SSSR count). The van der Waals surface area contributed by atoms with Gasteiger partial charge in [0.15, 0.2) is 0 Å². The lowest BCUT2D eigenvalue weighted by molar-refractivity contribution is 0.0817. The van der Waals surface area contributed by atoms with Crippen molar-refractivity contribution < 1.29 is 18.3 Å². The molecule has 33 heavy (non-hydrogen) atoms. The van der Waals surface area contributed by atoms with Crippen LogP contribution in [0.5, 0.6) is 5.75 Å². The monoisotopic (exact) mass is 485 g/mol. The van der Waals surface area contributed by atoms with E-state index in [0.29, 0.717) is 11.3 Å². The highest BCUT2D eigenvalue weighted by molar-refractivity contribution is 7.99. The molecule has 0 bridgehead atoms. The maximum atomic E-state index is 12.6. The number of amides is 1. The summed E-state index contributed by atoms with van der Waals surface area (Å²) in [7, 11) is -3.80. The number of aromatic hydroxyl groups is 1. The molecule has 1 unspecified atom stereocenters. The average molecular weight is 486 g/mol. The van der Waals surface area contributed by atoms with Crippen LogP contribution in [0.25, 0.3) is 0 Å². The number of phenols is 1. The summed E-state index contributed by atoms with van der Waals surface area (Å²) in [6, 6.07) is 13.5. The molecule has 0 spiro atoms. The zero-order valence-electron chi connectivity index (χ0n) is 17.5. The van der Waals surface area contributed by atoms with Crippen molar-refractivity contribution in [2.24, 2.45) is 5.73 Å². The molecule has 0 saturated heterocycles. The number of hydrogen-bond donors (Lipinski definition) is 3. The van der Waals surface area contributed by atoms with Crippen molar-refractivity contribution in [3.63, 3.8) is 0 Å². The van der Waals surface area contributed by atoms with Crippen LogP contribution in [0.15, 0.2) is 89.6 Å². The van der Waals surface area contributed by atoms with Gasteiger partial charge < -0.3 is 15.7 Å². The van der Waals surface area contributed by atoms with Gasteiger partial charge >= 0.3 is 0 Å². The molecule has 172 valence electrons. The quantitative estimate of drug-likeness (QED) is 0.373. The van der Waals surface area contributed by atoms with Gasteiger partial charge in [0.25, 0.3) is 15.9 Å². The molecule has 0 aliphatic carbocycles. The van der Waals surface area contributed by atoms with Gasteiger partial charge in [-0.2, -0.15) is 0 Å². The molecule has 0 saturated carbocycles. The summed E-state index contributed by atoms with van der Waals surface area (Å²) in [5.41, 5.74) is 6.62. The van der Waals surface area contributed by atoms with Crippen molar-refractivity contribution in [2.75, 3.05) is 17.0 Å². The van der Waals surface area contributed by atoms with Gasteiger partial charge in [-0.05, 0) is 60.8 Å². The first kappa shape index (κ1) is 24.2.